The van der Waals surface area contributed by atoms with Gasteiger partial charge in [-0.15, -0.1) is 0 Å². The summed E-state index contributed by atoms with van der Waals surface area (Å²) in [4.78, 5) is 33.4. The Morgan fingerprint density at radius 3 is 0.833 bits per heavy atom. The Morgan fingerprint density at radius 2 is 0.667 bits per heavy atom. The molecule has 2 rings (SSSR count). The first-order chi connectivity index (χ1) is 16.6. The zero-order chi connectivity index (χ0) is 27.9. The zero-order valence-electron chi connectivity index (χ0n) is 20.3. The molecule has 0 fully saturated rings. The van der Waals surface area contributed by atoms with Gasteiger partial charge < -0.3 is 14.2 Å². The molecule has 0 radical (unpaired) electrons. The second kappa shape index (κ2) is 16.5. The van der Waals surface area contributed by atoms with E-state index in [4.69, 9.17) is 14.2 Å². The van der Waals surface area contributed by atoms with Crippen molar-refractivity contribution in [1.82, 2.24) is 0 Å². The van der Waals surface area contributed by atoms with Crippen LogP contribution >= 0.6 is 136 Å². The Morgan fingerprint density at radius 1 is 0.472 bits per heavy atom. The van der Waals surface area contributed by atoms with Gasteiger partial charge >= 0.3 is 17.9 Å². The maximum absolute atomic E-state index is 11.1. The molecule has 0 saturated carbocycles. The van der Waals surface area contributed by atoms with E-state index in [0.717, 1.165) is 27.4 Å². The van der Waals surface area contributed by atoms with Gasteiger partial charge in [0, 0.05) is 58.9 Å². The van der Waals surface area contributed by atoms with Gasteiger partial charge in [0.2, 0.25) is 0 Å². The van der Waals surface area contributed by atoms with E-state index in [1.807, 2.05) is 0 Å². The highest BCUT2D eigenvalue weighted by Gasteiger charge is 2.22. The molecule has 0 aliphatic carbocycles. The SMILES string of the molecule is CC(=O)OCc1c(I)c(COC(C)=O)c(I)c(COC(C)=O)c1I.Cc1c(I)c(C)c(I)c(C)c1I. The van der Waals surface area contributed by atoms with E-state index in [1.54, 1.807) is 0 Å². The van der Waals surface area contributed by atoms with Crippen LogP contribution < -0.4 is 0 Å². The number of benzene rings is 2. The molecule has 0 spiro atoms. The largest absolute Gasteiger partial charge is 0.461 e. The molecule has 0 aliphatic rings. The Bertz CT molecular complexity index is 962. The van der Waals surface area contributed by atoms with Crippen LogP contribution in [0.15, 0.2) is 0 Å². The quantitative estimate of drug-likeness (QED) is 0.165. The summed E-state index contributed by atoms with van der Waals surface area (Å²) in [5, 5.41) is 0. The third kappa shape index (κ3) is 10.0. The summed E-state index contributed by atoms with van der Waals surface area (Å²) in [6.45, 7) is 10.9. The number of esters is 3. The topological polar surface area (TPSA) is 78.9 Å². The fourth-order valence-electron chi connectivity index (χ4n) is 2.87. The second-order valence-corrected chi connectivity index (χ2v) is 14.0. The molecule has 0 unspecified atom stereocenters. The van der Waals surface area contributed by atoms with Crippen LogP contribution in [-0.4, -0.2) is 17.9 Å². The van der Waals surface area contributed by atoms with Crippen molar-refractivity contribution in [3.63, 3.8) is 0 Å². The monoisotopic (exact) mass is 1170 g/mol. The molecular formula is C24H24I6O6. The minimum Gasteiger partial charge on any atom is -0.461 e. The van der Waals surface area contributed by atoms with Gasteiger partial charge in [0.15, 0.2) is 0 Å². The molecule has 6 nitrogen and oxygen atoms in total. The molecule has 0 aliphatic heterocycles. The average molecular weight is 1170 g/mol. The van der Waals surface area contributed by atoms with E-state index in [-0.39, 0.29) is 37.7 Å². The lowest BCUT2D eigenvalue weighted by atomic mass is 10.1. The van der Waals surface area contributed by atoms with E-state index in [1.165, 1.54) is 48.2 Å². The lowest BCUT2D eigenvalue weighted by Gasteiger charge is -2.19. The Hall–Kier alpha value is 1.23. The van der Waals surface area contributed by atoms with Crippen LogP contribution in [0.4, 0.5) is 0 Å². The highest BCUT2D eigenvalue weighted by Crippen LogP contribution is 2.34. The summed E-state index contributed by atoms with van der Waals surface area (Å²) in [6.07, 6.45) is 0. The summed E-state index contributed by atoms with van der Waals surface area (Å²) >= 11 is 13.7. The van der Waals surface area contributed by atoms with Crippen molar-refractivity contribution < 1.29 is 28.6 Å². The minimum absolute atomic E-state index is 0.100. The number of halogens is 6. The van der Waals surface area contributed by atoms with Crippen LogP contribution in [0.1, 0.15) is 54.2 Å². The van der Waals surface area contributed by atoms with E-state index in [0.29, 0.717) is 0 Å². The molecule has 12 heteroatoms. The molecule has 0 saturated heterocycles. The first kappa shape index (κ1) is 35.3. The highest BCUT2D eigenvalue weighted by atomic mass is 127. The predicted molar refractivity (Wildman–Crippen MR) is 190 cm³/mol. The van der Waals surface area contributed by atoms with Crippen molar-refractivity contribution in [3.05, 3.63) is 54.8 Å². The van der Waals surface area contributed by atoms with Crippen LogP contribution in [-0.2, 0) is 48.4 Å². The van der Waals surface area contributed by atoms with Crippen LogP contribution in [0.25, 0.3) is 0 Å². The number of hydrogen-bond acceptors (Lipinski definition) is 6. The highest BCUT2D eigenvalue weighted by molar-refractivity contribution is 14.1. The third-order valence-electron chi connectivity index (χ3n) is 4.82. The summed E-state index contributed by atoms with van der Waals surface area (Å²) < 4.78 is 22.2. The molecule has 0 bridgehead atoms. The predicted octanol–water partition coefficient (Wildman–Crippen LogP) is 8.12. The fourth-order valence-corrected chi connectivity index (χ4v) is 10.1. The summed E-state index contributed by atoms with van der Waals surface area (Å²) in [5.74, 6) is -1.16. The van der Waals surface area contributed by atoms with Gasteiger partial charge in [0.05, 0.1) is 0 Å². The van der Waals surface area contributed by atoms with E-state index >= 15 is 0 Å². The van der Waals surface area contributed by atoms with Crippen LogP contribution in [0.3, 0.4) is 0 Å². The van der Waals surface area contributed by atoms with Crippen molar-refractivity contribution in [2.24, 2.45) is 0 Å². The molecule has 0 N–H and O–H groups in total. The molecule has 0 aromatic heterocycles. The van der Waals surface area contributed by atoms with Gasteiger partial charge in [0.25, 0.3) is 0 Å². The number of hydrogen-bond donors (Lipinski definition) is 0. The molecule has 2 aromatic rings. The van der Waals surface area contributed by atoms with Crippen molar-refractivity contribution in [2.45, 2.75) is 61.4 Å². The normalized spacial score (nSPS) is 10.3. The molecule has 0 heterocycles. The number of carbonyl (C=O) groups is 3. The number of rotatable bonds is 6. The molecule has 36 heavy (non-hydrogen) atoms. The van der Waals surface area contributed by atoms with Crippen LogP contribution in [0.5, 0.6) is 0 Å². The molecule has 2 aromatic carbocycles. The van der Waals surface area contributed by atoms with Gasteiger partial charge in [-0.2, -0.15) is 0 Å². The summed E-state index contributed by atoms with van der Waals surface area (Å²) in [7, 11) is 0. The first-order valence-corrected chi connectivity index (χ1v) is 16.8. The maximum Gasteiger partial charge on any atom is 0.302 e. The van der Waals surface area contributed by atoms with Gasteiger partial charge in [-0.05, 0) is 173 Å². The van der Waals surface area contributed by atoms with Gasteiger partial charge in [-0.25, -0.2) is 0 Å². The van der Waals surface area contributed by atoms with Crippen molar-refractivity contribution >= 4 is 153 Å². The van der Waals surface area contributed by atoms with Crippen molar-refractivity contribution in [1.29, 1.82) is 0 Å². The lowest BCUT2D eigenvalue weighted by Crippen LogP contribution is -2.13. The third-order valence-corrected chi connectivity index (χ3v) is 13.6. The van der Waals surface area contributed by atoms with E-state index in [2.05, 4.69) is 156 Å². The smallest absolute Gasteiger partial charge is 0.302 e. The summed E-state index contributed by atoms with van der Waals surface area (Å²) in [6, 6.07) is 0. The average Bonchev–Trinajstić information content (AvgIpc) is 2.79. The number of carbonyl (C=O) groups excluding carboxylic acids is 3. The Balaban J connectivity index is 0.000000450. The van der Waals surface area contributed by atoms with Crippen molar-refractivity contribution in [3.8, 4) is 0 Å². The number of ether oxygens (including phenoxy) is 3. The lowest BCUT2D eigenvalue weighted by molar-refractivity contribution is -0.143. The van der Waals surface area contributed by atoms with Gasteiger partial charge in [-0.3, -0.25) is 14.4 Å². The maximum atomic E-state index is 11.1. The second-order valence-electron chi connectivity index (χ2n) is 7.54. The standard InChI is InChI=1S/C15H15I3O6.C9H9I3/c1-7(19)22-4-10-13(16)11(5-23-8(2)20)15(18)12(14(10)17)6-24-9(3)21;1-4-7(10)5(2)9(12)6(3)8(4)11/h4-6H2,1-3H3;1-3H3. The molecule has 0 atom stereocenters. The molecule has 0 amide bonds. The first-order valence-electron chi connectivity index (χ1n) is 10.3. The van der Waals surface area contributed by atoms with Crippen molar-refractivity contribution in [2.75, 3.05) is 0 Å². The Kier molecular flexibility index (Phi) is 16.1. The van der Waals surface area contributed by atoms with E-state index in [9.17, 15) is 14.4 Å². The van der Waals surface area contributed by atoms with Gasteiger partial charge in [-0.1, -0.05) is 0 Å². The molecule has 198 valence electrons. The summed E-state index contributed by atoms with van der Waals surface area (Å²) in [5.41, 5.74) is 6.67. The minimum atomic E-state index is -0.386. The van der Waals surface area contributed by atoms with Crippen LogP contribution in [0.2, 0.25) is 0 Å². The Labute approximate surface area is 293 Å². The fraction of sp³-hybridized carbons (Fsp3) is 0.375. The van der Waals surface area contributed by atoms with E-state index < -0.39 is 0 Å². The zero-order valence-corrected chi connectivity index (χ0v) is 33.3. The molecular weight excluding hydrogens is 1150 g/mol. The van der Waals surface area contributed by atoms with Gasteiger partial charge in [0.1, 0.15) is 19.8 Å². The van der Waals surface area contributed by atoms with Crippen LogP contribution in [0, 0.1) is 42.2 Å².